The molecule has 3 aromatic rings. The van der Waals surface area contributed by atoms with E-state index in [4.69, 9.17) is 14.2 Å². The third kappa shape index (κ3) is 4.01. The topological polar surface area (TPSA) is 73.9 Å². The Hall–Kier alpha value is -3.32. The zero-order valence-electron chi connectivity index (χ0n) is 17.6. The van der Waals surface area contributed by atoms with Crippen LogP contribution in [0.25, 0.3) is 11.1 Å². The maximum atomic E-state index is 12.9. The van der Waals surface area contributed by atoms with Crippen molar-refractivity contribution in [1.29, 1.82) is 0 Å². The van der Waals surface area contributed by atoms with E-state index in [9.17, 15) is 9.59 Å². The van der Waals surface area contributed by atoms with Gasteiger partial charge in [-0.1, -0.05) is 30.3 Å². The molecule has 31 heavy (non-hydrogen) atoms. The number of carbonyl (C=O) groups is 2. The Morgan fingerprint density at radius 2 is 1.77 bits per heavy atom. The van der Waals surface area contributed by atoms with Gasteiger partial charge in [-0.05, 0) is 35.7 Å². The average Bonchev–Trinajstić information content (AvgIpc) is 3.28. The number of amides is 1. The van der Waals surface area contributed by atoms with Crippen molar-refractivity contribution in [1.82, 2.24) is 0 Å². The second-order valence-electron chi connectivity index (χ2n) is 7.08. The van der Waals surface area contributed by atoms with Gasteiger partial charge in [0.15, 0.2) is 11.5 Å². The third-order valence-corrected chi connectivity index (χ3v) is 6.26. The van der Waals surface area contributed by atoms with Crippen molar-refractivity contribution in [3.8, 4) is 22.6 Å². The van der Waals surface area contributed by atoms with Gasteiger partial charge >= 0.3 is 5.97 Å². The van der Waals surface area contributed by atoms with E-state index in [-0.39, 0.29) is 18.9 Å². The maximum absolute atomic E-state index is 12.9. The van der Waals surface area contributed by atoms with Crippen LogP contribution in [0.4, 0.5) is 5.00 Å². The highest BCUT2D eigenvalue weighted by molar-refractivity contribution is 7.17. The average molecular weight is 438 g/mol. The van der Waals surface area contributed by atoms with Crippen LogP contribution in [0.2, 0.25) is 0 Å². The number of anilines is 1. The van der Waals surface area contributed by atoms with E-state index < -0.39 is 5.97 Å². The van der Waals surface area contributed by atoms with Crippen molar-refractivity contribution in [2.75, 3.05) is 26.1 Å². The molecule has 0 unspecified atom stereocenters. The number of esters is 1. The second kappa shape index (κ2) is 8.81. The lowest BCUT2D eigenvalue weighted by molar-refractivity contribution is -0.115. The summed E-state index contributed by atoms with van der Waals surface area (Å²) in [4.78, 5) is 26.6. The van der Waals surface area contributed by atoms with Gasteiger partial charge in [-0.2, -0.15) is 0 Å². The van der Waals surface area contributed by atoms with E-state index >= 15 is 0 Å². The number of hydrogen-bond acceptors (Lipinski definition) is 6. The minimum absolute atomic E-state index is 0.177. The zero-order chi connectivity index (χ0) is 22.0. The molecule has 4 rings (SSSR count). The number of ether oxygens (including phenoxy) is 3. The first-order valence-electron chi connectivity index (χ1n) is 9.97. The molecule has 0 spiro atoms. The number of benzene rings is 2. The number of carbonyl (C=O) groups excluding carboxylic acids is 2. The minimum Gasteiger partial charge on any atom is -0.493 e. The number of thiophene rings is 1. The van der Waals surface area contributed by atoms with Crippen molar-refractivity contribution in [3.05, 3.63) is 64.0 Å². The largest absolute Gasteiger partial charge is 0.493 e. The maximum Gasteiger partial charge on any atom is 0.341 e. The highest BCUT2D eigenvalue weighted by Crippen LogP contribution is 2.50. The summed E-state index contributed by atoms with van der Waals surface area (Å²) in [6, 6.07) is 13.3. The summed E-state index contributed by atoms with van der Waals surface area (Å²) in [5, 5.41) is 3.45. The Morgan fingerprint density at radius 1 is 1.06 bits per heavy atom. The van der Waals surface area contributed by atoms with Gasteiger partial charge < -0.3 is 19.5 Å². The first-order valence-corrected chi connectivity index (χ1v) is 10.8. The highest BCUT2D eigenvalue weighted by Gasteiger charge is 2.33. The van der Waals surface area contributed by atoms with E-state index in [1.807, 2.05) is 42.5 Å². The van der Waals surface area contributed by atoms with Gasteiger partial charge in [0.25, 0.3) is 0 Å². The molecule has 0 saturated heterocycles. The molecule has 7 heteroatoms. The minimum atomic E-state index is -0.447. The smallest absolute Gasteiger partial charge is 0.341 e. The Bertz CT molecular complexity index is 1140. The van der Waals surface area contributed by atoms with E-state index in [1.165, 1.54) is 11.3 Å². The lowest BCUT2D eigenvalue weighted by Gasteiger charge is -2.12. The summed E-state index contributed by atoms with van der Waals surface area (Å²) in [5.41, 5.74) is 4.05. The Kier molecular flexibility index (Phi) is 5.95. The molecule has 0 aliphatic heterocycles. The standard InChI is InChI=1S/C24H23NO5S/c1-4-30-24(27)22-21-16-13-18(29-3)17(28-2)11-15(16)12-19(21)31-23(22)25-20(26)10-14-8-6-5-7-9-14/h5-9,11,13H,4,10,12H2,1-3H3,(H,25,26). The molecule has 1 N–H and O–H groups in total. The van der Waals surface area contributed by atoms with Crippen LogP contribution in [0.1, 0.15) is 33.3 Å². The molecule has 1 heterocycles. The third-order valence-electron chi connectivity index (χ3n) is 5.15. The van der Waals surface area contributed by atoms with Crippen molar-refractivity contribution in [3.63, 3.8) is 0 Å². The molecular formula is C24H23NO5S. The molecule has 160 valence electrons. The number of hydrogen-bond donors (Lipinski definition) is 1. The van der Waals surface area contributed by atoms with Crippen LogP contribution in [-0.2, 0) is 22.4 Å². The monoisotopic (exact) mass is 437 g/mol. The molecule has 1 aliphatic rings. The van der Waals surface area contributed by atoms with E-state index in [1.54, 1.807) is 21.1 Å². The Labute approximate surface area is 184 Å². The number of rotatable bonds is 7. The lowest BCUT2D eigenvalue weighted by atomic mass is 10.0. The second-order valence-corrected chi connectivity index (χ2v) is 8.18. The molecule has 0 bridgehead atoms. The molecule has 0 fully saturated rings. The molecular weight excluding hydrogens is 414 g/mol. The van der Waals surface area contributed by atoms with Crippen LogP contribution in [0, 0.1) is 0 Å². The zero-order valence-corrected chi connectivity index (χ0v) is 18.4. The summed E-state index contributed by atoms with van der Waals surface area (Å²) in [5.74, 6) is 0.608. The summed E-state index contributed by atoms with van der Waals surface area (Å²) >= 11 is 1.41. The summed E-state index contributed by atoms with van der Waals surface area (Å²) in [7, 11) is 3.18. The fourth-order valence-electron chi connectivity index (χ4n) is 3.80. The van der Waals surface area contributed by atoms with Crippen LogP contribution in [0.15, 0.2) is 42.5 Å². The fourth-order valence-corrected chi connectivity index (χ4v) is 5.04. The summed E-state index contributed by atoms with van der Waals surface area (Å²) in [6.45, 7) is 2.01. The highest BCUT2D eigenvalue weighted by atomic mass is 32.1. The predicted octanol–water partition coefficient (Wildman–Crippen LogP) is 4.69. The van der Waals surface area contributed by atoms with Gasteiger partial charge in [-0.15, -0.1) is 11.3 Å². The first kappa shape index (κ1) is 20.9. The van der Waals surface area contributed by atoms with E-state index in [0.717, 1.165) is 27.1 Å². The molecule has 2 aromatic carbocycles. The van der Waals surface area contributed by atoms with Gasteiger partial charge in [0.05, 0.1) is 27.2 Å². The van der Waals surface area contributed by atoms with Crippen molar-refractivity contribution >= 4 is 28.2 Å². The van der Waals surface area contributed by atoms with Crippen LogP contribution in [-0.4, -0.2) is 32.7 Å². The Balaban J connectivity index is 1.73. The van der Waals surface area contributed by atoms with Crippen molar-refractivity contribution in [2.45, 2.75) is 19.8 Å². The van der Waals surface area contributed by atoms with Crippen molar-refractivity contribution in [2.24, 2.45) is 0 Å². The first-order chi connectivity index (χ1) is 15.0. The van der Waals surface area contributed by atoms with Crippen LogP contribution in [0.3, 0.4) is 0 Å². The van der Waals surface area contributed by atoms with E-state index in [0.29, 0.717) is 28.5 Å². The Morgan fingerprint density at radius 3 is 2.45 bits per heavy atom. The van der Waals surface area contributed by atoms with Gasteiger partial charge in [0.2, 0.25) is 5.91 Å². The predicted molar refractivity (Wildman–Crippen MR) is 120 cm³/mol. The van der Waals surface area contributed by atoms with Crippen LogP contribution < -0.4 is 14.8 Å². The molecule has 0 radical (unpaired) electrons. The van der Waals surface area contributed by atoms with Crippen LogP contribution in [0.5, 0.6) is 11.5 Å². The van der Waals surface area contributed by atoms with Gasteiger partial charge in [0.1, 0.15) is 10.6 Å². The summed E-state index contributed by atoms with van der Waals surface area (Å²) in [6.07, 6.45) is 0.879. The van der Waals surface area contributed by atoms with E-state index in [2.05, 4.69) is 5.32 Å². The molecule has 0 atom stereocenters. The van der Waals surface area contributed by atoms with Crippen molar-refractivity contribution < 1.29 is 23.8 Å². The normalized spacial score (nSPS) is 11.5. The number of nitrogens with one attached hydrogen (secondary N) is 1. The van der Waals surface area contributed by atoms with Gasteiger partial charge in [-0.3, -0.25) is 4.79 Å². The molecule has 1 aromatic heterocycles. The SMILES string of the molecule is CCOC(=O)c1c(NC(=O)Cc2ccccc2)sc2c1-c1cc(OC)c(OC)cc1C2. The molecule has 0 saturated carbocycles. The molecule has 1 aliphatic carbocycles. The van der Waals surface area contributed by atoms with Gasteiger partial charge in [-0.25, -0.2) is 4.79 Å². The quantitative estimate of drug-likeness (QED) is 0.425. The van der Waals surface area contributed by atoms with Gasteiger partial charge in [0, 0.05) is 16.9 Å². The molecule has 6 nitrogen and oxygen atoms in total. The fraction of sp³-hybridized carbons (Fsp3) is 0.250. The number of fused-ring (bicyclic) bond motifs is 3. The summed E-state index contributed by atoms with van der Waals surface area (Å²) < 4.78 is 16.2. The number of methoxy groups -OCH3 is 2. The lowest BCUT2D eigenvalue weighted by Crippen LogP contribution is -2.16. The van der Waals surface area contributed by atoms with Crippen LogP contribution >= 0.6 is 11.3 Å². The molecule has 1 amide bonds.